The van der Waals surface area contributed by atoms with Crippen molar-refractivity contribution in [3.05, 3.63) is 0 Å². The van der Waals surface area contributed by atoms with E-state index in [0.717, 1.165) is 19.3 Å². The van der Waals surface area contributed by atoms with Gasteiger partial charge in [-0.2, -0.15) is 0 Å². The Hall–Kier alpha value is -0.530. The first-order valence-electron chi connectivity index (χ1n) is 4.37. The molecule has 2 unspecified atom stereocenters. The Labute approximate surface area is 69.2 Å². The molecular formula is C9H18NO. The molecule has 0 aromatic heterocycles. The highest BCUT2D eigenvalue weighted by Crippen LogP contribution is 2.17. The van der Waals surface area contributed by atoms with Crippen LogP contribution >= 0.6 is 0 Å². The predicted molar refractivity (Wildman–Crippen MR) is 46.0 cm³/mol. The van der Waals surface area contributed by atoms with Crippen LogP contribution in [0.3, 0.4) is 0 Å². The van der Waals surface area contributed by atoms with Crippen molar-refractivity contribution in [3.8, 4) is 0 Å². The minimum atomic E-state index is -0.396. The average molecular weight is 156 g/mol. The van der Waals surface area contributed by atoms with Crippen molar-refractivity contribution in [1.82, 2.24) is 5.73 Å². The third-order valence-electron chi connectivity index (χ3n) is 2.25. The van der Waals surface area contributed by atoms with Gasteiger partial charge in [0.25, 0.3) is 0 Å². The molecule has 0 fully saturated rings. The summed E-state index contributed by atoms with van der Waals surface area (Å²) in [6.45, 7) is 6.22. The van der Waals surface area contributed by atoms with Gasteiger partial charge in [-0.1, -0.05) is 27.2 Å². The zero-order chi connectivity index (χ0) is 8.85. The highest BCUT2D eigenvalue weighted by molar-refractivity contribution is 5.75. The molecule has 0 aliphatic heterocycles. The lowest BCUT2D eigenvalue weighted by Gasteiger charge is -2.14. The zero-order valence-corrected chi connectivity index (χ0v) is 7.68. The second-order valence-electron chi connectivity index (χ2n) is 3.22. The molecule has 0 saturated heterocycles. The molecule has 2 nitrogen and oxygen atoms in total. The standard InChI is InChI=1S/C9H18NO/c1-4-7(3)6-8(5-2)9(10)11/h7-8,10H,4-6H2,1-3H3. The van der Waals surface area contributed by atoms with E-state index in [0.29, 0.717) is 5.92 Å². The maximum atomic E-state index is 10.7. The minimum absolute atomic E-state index is 0.0232. The van der Waals surface area contributed by atoms with Crippen molar-refractivity contribution in [1.29, 1.82) is 0 Å². The molecular weight excluding hydrogens is 138 g/mol. The summed E-state index contributed by atoms with van der Waals surface area (Å²) in [4.78, 5) is 10.7. The van der Waals surface area contributed by atoms with Gasteiger partial charge in [0.05, 0.1) is 0 Å². The summed E-state index contributed by atoms with van der Waals surface area (Å²) in [6, 6.07) is 0. The topological polar surface area (TPSA) is 40.9 Å². The molecule has 1 N–H and O–H groups in total. The molecule has 11 heavy (non-hydrogen) atoms. The average Bonchev–Trinajstić information content (AvgIpc) is 1.99. The molecule has 1 amide bonds. The second-order valence-corrected chi connectivity index (χ2v) is 3.22. The lowest BCUT2D eigenvalue weighted by atomic mass is 9.92. The molecule has 0 aliphatic rings. The lowest BCUT2D eigenvalue weighted by Crippen LogP contribution is -2.16. The van der Waals surface area contributed by atoms with Crippen molar-refractivity contribution in [2.24, 2.45) is 11.8 Å². The van der Waals surface area contributed by atoms with Crippen LogP contribution in [0.1, 0.15) is 40.0 Å². The molecule has 0 rings (SSSR count). The highest BCUT2D eigenvalue weighted by Gasteiger charge is 2.15. The van der Waals surface area contributed by atoms with Crippen LogP contribution in [0, 0.1) is 11.8 Å². The minimum Gasteiger partial charge on any atom is -0.273 e. The molecule has 0 bridgehead atoms. The molecule has 0 aliphatic carbocycles. The number of carbonyl (C=O) groups is 1. The number of amides is 1. The third-order valence-corrected chi connectivity index (χ3v) is 2.25. The first-order valence-corrected chi connectivity index (χ1v) is 4.37. The lowest BCUT2D eigenvalue weighted by molar-refractivity contribution is -0.123. The molecule has 2 atom stereocenters. The molecule has 65 valence electrons. The Morgan fingerprint density at radius 2 is 1.91 bits per heavy atom. The Morgan fingerprint density at radius 1 is 1.36 bits per heavy atom. The number of rotatable bonds is 5. The van der Waals surface area contributed by atoms with Crippen LogP contribution in [0.2, 0.25) is 0 Å². The molecule has 0 aromatic rings. The van der Waals surface area contributed by atoms with E-state index in [4.69, 9.17) is 5.73 Å². The van der Waals surface area contributed by atoms with E-state index in [2.05, 4.69) is 13.8 Å². The first kappa shape index (κ1) is 10.5. The normalized spacial score (nSPS) is 15.9. The van der Waals surface area contributed by atoms with Gasteiger partial charge in [-0.05, 0) is 18.8 Å². The quantitative estimate of drug-likeness (QED) is 0.602. The summed E-state index contributed by atoms with van der Waals surface area (Å²) in [6.07, 6.45) is 2.80. The fourth-order valence-corrected chi connectivity index (χ4v) is 1.11. The van der Waals surface area contributed by atoms with Gasteiger partial charge in [-0.3, -0.25) is 10.5 Å². The van der Waals surface area contributed by atoms with Crippen LogP contribution in [0.25, 0.3) is 0 Å². The number of carbonyl (C=O) groups excluding carboxylic acids is 1. The van der Waals surface area contributed by atoms with Crippen LogP contribution < -0.4 is 5.73 Å². The van der Waals surface area contributed by atoms with Crippen LogP contribution in [0.5, 0.6) is 0 Å². The van der Waals surface area contributed by atoms with Gasteiger partial charge >= 0.3 is 0 Å². The summed E-state index contributed by atoms with van der Waals surface area (Å²) in [5.74, 6) is 0.159. The Morgan fingerprint density at radius 3 is 2.18 bits per heavy atom. The molecule has 2 heteroatoms. The van der Waals surface area contributed by atoms with Crippen molar-refractivity contribution < 1.29 is 4.79 Å². The SMILES string of the molecule is CCC(C)CC(CC)C([NH])=O. The van der Waals surface area contributed by atoms with Gasteiger partial charge in [0.1, 0.15) is 0 Å². The third kappa shape index (κ3) is 4.02. The predicted octanol–water partition coefficient (Wildman–Crippen LogP) is 2.26. The van der Waals surface area contributed by atoms with Gasteiger partial charge in [-0.25, -0.2) is 0 Å². The number of nitrogens with one attached hydrogen (secondary N) is 1. The Bertz CT molecular complexity index is 123. The summed E-state index contributed by atoms with van der Waals surface area (Å²) in [5, 5.41) is 0. The van der Waals surface area contributed by atoms with E-state index in [-0.39, 0.29) is 5.92 Å². The summed E-state index contributed by atoms with van der Waals surface area (Å²) in [5.41, 5.74) is 6.96. The molecule has 0 saturated carbocycles. The van der Waals surface area contributed by atoms with Gasteiger partial charge < -0.3 is 0 Å². The summed E-state index contributed by atoms with van der Waals surface area (Å²) < 4.78 is 0. The van der Waals surface area contributed by atoms with E-state index in [9.17, 15) is 4.79 Å². The first-order chi connectivity index (χ1) is 5.11. The van der Waals surface area contributed by atoms with E-state index < -0.39 is 5.91 Å². The maximum absolute atomic E-state index is 10.7. The smallest absolute Gasteiger partial charge is 0.241 e. The number of hydrogen-bond acceptors (Lipinski definition) is 1. The van der Waals surface area contributed by atoms with Crippen LogP contribution in [0.4, 0.5) is 0 Å². The van der Waals surface area contributed by atoms with E-state index in [1.807, 2.05) is 6.92 Å². The van der Waals surface area contributed by atoms with E-state index >= 15 is 0 Å². The van der Waals surface area contributed by atoms with Crippen LogP contribution in [0.15, 0.2) is 0 Å². The monoisotopic (exact) mass is 156 g/mol. The fraction of sp³-hybridized carbons (Fsp3) is 0.889. The number of hydrogen-bond donors (Lipinski definition) is 0. The highest BCUT2D eigenvalue weighted by atomic mass is 16.1. The molecule has 1 radical (unpaired) electrons. The van der Waals surface area contributed by atoms with Crippen molar-refractivity contribution >= 4 is 5.91 Å². The van der Waals surface area contributed by atoms with Crippen LogP contribution in [-0.4, -0.2) is 5.91 Å². The van der Waals surface area contributed by atoms with Crippen molar-refractivity contribution in [3.63, 3.8) is 0 Å². The van der Waals surface area contributed by atoms with Gasteiger partial charge in [0.15, 0.2) is 0 Å². The summed E-state index contributed by atoms with van der Waals surface area (Å²) in [7, 11) is 0. The van der Waals surface area contributed by atoms with E-state index in [1.54, 1.807) is 0 Å². The Balaban J connectivity index is 3.77. The maximum Gasteiger partial charge on any atom is 0.241 e. The fourth-order valence-electron chi connectivity index (χ4n) is 1.11. The zero-order valence-electron chi connectivity index (χ0n) is 7.68. The van der Waals surface area contributed by atoms with E-state index in [1.165, 1.54) is 0 Å². The van der Waals surface area contributed by atoms with Gasteiger partial charge in [-0.15, -0.1) is 0 Å². The van der Waals surface area contributed by atoms with Crippen molar-refractivity contribution in [2.75, 3.05) is 0 Å². The van der Waals surface area contributed by atoms with Gasteiger partial charge in [0.2, 0.25) is 5.91 Å². The largest absolute Gasteiger partial charge is 0.273 e. The molecule has 0 spiro atoms. The van der Waals surface area contributed by atoms with Gasteiger partial charge in [0, 0.05) is 5.92 Å². The Kier molecular flexibility index (Phi) is 4.92. The van der Waals surface area contributed by atoms with Crippen LogP contribution in [-0.2, 0) is 4.79 Å². The second kappa shape index (κ2) is 5.16. The molecule has 0 heterocycles. The molecule has 0 aromatic carbocycles. The van der Waals surface area contributed by atoms with Crippen molar-refractivity contribution in [2.45, 2.75) is 40.0 Å². The summed E-state index contributed by atoms with van der Waals surface area (Å²) >= 11 is 0.